The van der Waals surface area contributed by atoms with Crippen molar-refractivity contribution in [3.8, 4) is 5.75 Å². The number of carbonyl (C=O) groups excluding carboxylic acids is 13. The molecule has 586 valence electrons. The van der Waals surface area contributed by atoms with Crippen molar-refractivity contribution in [1.29, 1.82) is 0 Å². The van der Waals surface area contributed by atoms with Crippen LogP contribution in [0.15, 0.2) is 97.5 Å². The van der Waals surface area contributed by atoms with E-state index in [2.05, 4.69) is 86.4 Å². The SMILES string of the molecule is CC[C@H](C)[C@H](NC(=O)[C@H](Cc1ccccc1)NC(=O)[C@H](Cc1ccccc1)NC(=O)[C@@H](NC(=O)[C@H](CO)NC(=O)[C@H](CO)NC(=O)[C@H](CO)NC(=O)[C@H](Cc1ccc(O)cc1)NC(=O)[C@H](CC(N)=O)NC(=O)[C@@H](N)CCCCN)[C@@H](C)CC)C(=O)N[C@@H](Cc1cnc[nH]1)C(=O)N[C@@H](C)C(=O)N[C@@H](CS)C(=O)O. The number of phenolic OH excluding ortho intramolecular Hbond substituents is 1. The molecule has 24 N–H and O–H groups in total. The van der Waals surface area contributed by atoms with Crippen molar-refractivity contribution in [3.05, 3.63) is 120 Å². The van der Waals surface area contributed by atoms with Gasteiger partial charge in [0.1, 0.15) is 78.3 Å². The molecule has 15 atom stereocenters. The molecule has 0 aliphatic heterocycles. The van der Waals surface area contributed by atoms with Crippen LogP contribution in [0.25, 0.3) is 0 Å². The highest BCUT2D eigenvalue weighted by Crippen LogP contribution is 2.17. The molecule has 0 saturated heterocycles. The van der Waals surface area contributed by atoms with Gasteiger partial charge >= 0.3 is 5.97 Å². The molecule has 13 amide bonds. The molecule has 0 fully saturated rings. The predicted molar refractivity (Wildman–Crippen MR) is 390 cm³/mol. The predicted octanol–water partition coefficient (Wildman–Crippen LogP) is -5.36. The number of nitrogens with two attached hydrogens (primary N) is 3. The zero-order chi connectivity index (χ0) is 79.4. The molecule has 107 heavy (non-hydrogen) atoms. The van der Waals surface area contributed by atoms with Crippen LogP contribution in [0.3, 0.4) is 0 Å². The molecule has 0 radical (unpaired) electrons. The van der Waals surface area contributed by atoms with Crippen LogP contribution in [0.2, 0.25) is 0 Å². The van der Waals surface area contributed by atoms with Crippen molar-refractivity contribution in [1.82, 2.24) is 73.8 Å². The van der Waals surface area contributed by atoms with Gasteiger partial charge in [0.2, 0.25) is 76.8 Å². The number of primary amides is 1. The average Bonchev–Trinajstić information content (AvgIpc) is 0.903. The number of amides is 13. The number of aliphatic carboxylic acids is 1. The maximum Gasteiger partial charge on any atom is 0.327 e. The highest BCUT2D eigenvalue weighted by Gasteiger charge is 2.39. The summed E-state index contributed by atoms with van der Waals surface area (Å²) in [7, 11) is 0. The summed E-state index contributed by atoms with van der Waals surface area (Å²) in [6.45, 7) is 4.77. The number of unbranched alkanes of at least 4 members (excludes halogenated alkanes) is 1. The Bertz CT molecular complexity index is 3600. The number of hydrogen-bond acceptors (Lipinski definition) is 22. The fourth-order valence-electron chi connectivity index (χ4n) is 10.6. The molecule has 37 heteroatoms. The number of carboxylic acids is 1. The fraction of sp³-hybridized carbons (Fsp3) is 0.500. The van der Waals surface area contributed by atoms with Crippen LogP contribution >= 0.6 is 12.6 Å². The Hall–Kier alpha value is -10.6. The summed E-state index contributed by atoms with van der Waals surface area (Å²) in [4.78, 5) is 199. The summed E-state index contributed by atoms with van der Waals surface area (Å²) in [5, 5.41) is 80.2. The van der Waals surface area contributed by atoms with Crippen molar-refractivity contribution in [2.75, 3.05) is 32.1 Å². The van der Waals surface area contributed by atoms with E-state index in [9.17, 15) is 92.7 Å². The number of aromatic amines is 1. The second-order valence-corrected chi connectivity index (χ2v) is 26.1. The second-order valence-electron chi connectivity index (χ2n) is 25.7. The van der Waals surface area contributed by atoms with Gasteiger partial charge in [-0.2, -0.15) is 12.6 Å². The molecule has 4 rings (SSSR count). The lowest BCUT2D eigenvalue weighted by molar-refractivity contribution is -0.141. The number of benzene rings is 3. The third kappa shape index (κ3) is 29.7. The molecule has 1 heterocycles. The van der Waals surface area contributed by atoms with Crippen molar-refractivity contribution < 1.29 is 92.7 Å². The van der Waals surface area contributed by atoms with Crippen LogP contribution < -0.4 is 81.0 Å². The number of aliphatic hydroxyl groups excluding tert-OH is 3. The van der Waals surface area contributed by atoms with Crippen LogP contribution in [0, 0.1) is 11.8 Å². The lowest BCUT2D eigenvalue weighted by Crippen LogP contribution is -2.63. The minimum Gasteiger partial charge on any atom is -0.508 e. The number of nitrogens with one attached hydrogen (secondary N) is 13. The number of imidazole rings is 1. The van der Waals surface area contributed by atoms with E-state index >= 15 is 0 Å². The fourth-order valence-corrected chi connectivity index (χ4v) is 10.8. The number of carbonyl (C=O) groups is 14. The minimum absolute atomic E-state index is 0.161. The number of hydrogen-bond donors (Lipinski definition) is 22. The van der Waals surface area contributed by atoms with Gasteiger partial charge in [0, 0.05) is 43.3 Å². The molecular formula is C70H101N17O19S. The summed E-state index contributed by atoms with van der Waals surface area (Å²) >= 11 is 3.96. The van der Waals surface area contributed by atoms with Crippen molar-refractivity contribution in [2.45, 2.75) is 177 Å². The van der Waals surface area contributed by atoms with E-state index in [0.717, 1.165) is 0 Å². The number of phenols is 1. The number of aliphatic hydroxyl groups is 3. The molecule has 4 aromatic rings. The zero-order valence-electron chi connectivity index (χ0n) is 60.1. The van der Waals surface area contributed by atoms with Crippen LogP contribution in [-0.4, -0.2) is 229 Å². The first kappa shape index (κ1) is 88.8. The van der Waals surface area contributed by atoms with Gasteiger partial charge in [-0.1, -0.05) is 120 Å². The quantitative estimate of drug-likeness (QED) is 0.0145. The number of nitrogens with zero attached hydrogens (tertiary/aromatic N) is 1. The van der Waals surface area contributed by atoms with E-state index in [4.69, 9.17) is 17.2 Å². The topological polar surface area (TPSA) is 591 Å². The van der Waals surface area contributed by atoms with E-state index < -0.39 is 199 Å². The standard InChI is InChI=1S/C70H101N17O19S/c1-6-37(3)56(69(104)81-49(29-43-31-74-36-75-43)60(95)76-39(5)58(93)85-54(35-107)70(105)106)86-64(99)48(27-41-18-12-9-13-19-41)79-61(96)47(26-40-16-10-8-11-17-40)80-68(103)57(38(4)7-2)87-67(102)53(34-90)84-66(101)52(33-89)83-65(100)51(32-88)82-62(97)46(28-42-21-23-44(91)24-22-42)78-63(98)50(30-55(73)92)77-59(94)45(72)20-14-15-25-71/h8-13,16-19,21-24,31,36-39,45-54,56-57,88-91,107H,6-7,14-15,20,25-30,32-35,71-72H2,1-5H3,(H2,73,92)(H,74,75)(H,76,95)(H,77,94)(H,78,98)(H,79,96)(H,80,103)(H,81,104)(H,82,97)(H,83,100)(H,84,101)(H,85,93)(H,86,99)(H,87,102)(H,105,106)/t37-,38-,39-,45-,46-,47-,48-,49-,50-,51-,52-,53-,54-,56-,57-/m0/s1. The maximum absolute atomic E-state index is 14.9. The highest BCUT2D eigenvalue weighted by molar-refractivity contribution is 7.80. The molecular weight excluding hydrogens is 1410 g/mol. The second kappa shape index (κ2) is 45.7. The Balaban J connectivity index is 1.56. The number of rotatable bonds is 47. The lowest BCUT2D eigenvalue weighted by Gasteiger charge is -2.30. The molecule has 36 nitrogen and oxygen atoms in total. The lowest BCUT2D eigenvalue weighted by atomic mass is 9.96. The van der Waals surface area contributed by atoms with Crippen LogP contribution in [0.4, 0.5) is 0 Å². The van der Waals surface area contributed by atoms with Crippen LogP contribution in [0.1, 0.15) is 95.5 Å². The van der Waals surface area contributed by atoms with E-state index in [0.29, 0.717) is 48.2 Å². The first-order chi connectivity index (χ1) is 50.9. The molecule has 0 aliphatic carbocycles. The van der Waals surface area contributed by atoms with Gasteiger partial charge in [-0.3, -0.25) is 62.3 Å². The smallest absolute Gasteiger partial charge is 0.327 e. The molecule has 0 saturated carbocycles. The number of aromatic hydroxyl groups is 1. The van der Waals surface area contributed by atoms with Gasteiger partial charge in [0.25, 0.3) is 0 Å². The molecule has 0 spiro atoms. The van der Waals surface area contributed by atoms with Crippen molar-refractivity contribution in [3.63, 3.8) is 0 Å². The Labute approximate surface area is 623 Å². The number of H-pyrrole nitrogens is 1. The Kier molecular flexibility index (Phi) is 37.9. The minimum atomic E-state index is -1.97. The van der Waals surface area contributed by atoms with Gasteiger partial charge < -0.3 is 112 Å². The van der Waals surface area contributed by atoms with Gasteiger partial charge in [-0.05, 0) is 67.0 Å². The monoisotopic (exact) mass is 1520 g/mol. The maximum atomic E-state index is 14.9. The van der Waals surface area contributed by atoms with Gasteiger partial charge in [0.05, 0.1) is 38.6 Å². The third-order valence-electron chi connectivity index (χ3n) is 17.4. The Morgan fingerprint density at radius 1 is 0.458 bits per heavy atom. The highest BCUT2D eigenvalue weighted by atomic mass is 32.1. The average molecular weight is 1520 g/mol. The molecule has 3 aromatic carbocycles. The molecule has 0 bridgehead atoms. The molecule has 1 aromatic heterocycles. The van der Waals surface area contributed by atoms with E-state index in [-0.39, 0.29) is 50.0 Å². The normalized spacial score (nSPS) is 15.3. The summed E-state index contributed by atoms with van der Waals surface area (Å²) < 4.78 is 0. The van der Waals surface area contributed by atoms with Crippen molar-refractivity contribution in [2.24, 2.45) is 29.0 Å². The zero-order valence-corrected chi connectivity index (χ0v) is 61.0. The van der Waals surface area contributed by atoms with E-state index in [1.54, 1.807) is 88.4 Å². The van der Waals surface area contributed by atoms with E-state index in [1.807, 2.05) is 0 Å². The summed E-state index contributed by atoms with van der Waals surface area (Å²) in [6, 6.07) is 1.85. The van der Waals surface area contributed by atoms with Crippen molar-refractivity contribution >= 4 is 95.4 Å². The number of aromatic nitrogens is 2. The Morgan fingerprint density at radius 3 is 1.21 bits per heavy atom. The van der Waals surface area contributed by atoms with Gasteiger partial charge in [-0.15, -0.1) is 0 Å². The van der Waals surface area contributed by atoms with Gasteiger partial charge in [-0.25, -0.2) is 9.78 Å². The molecule has 0 unspecified atom stereocenters. The molecule has 0 aliphatic rings. The summed E-state index contributed by atoms with van der Waals surface area (Å²) in [5.74, 6) is -16.4. The number of carboxylic acid groups (broad SMARTS) is 1. The van der Waals surface area contributed by atoms with Crippen LogP contribution in [-0.2, 0) is 92.8 Å². The van der Waals surface area contributed by atoms with Crippen LogP contribution in [0.5, 0.6) is 5.75 Å². The van der Waals surface area contributed by atoms with E-state index in [1.165, 1.54) is 43.7 Å². The third-order valence-corrected chi connectivity index (χ3v) is 17.7. The Morgan fingerprint density at radius 2 is 0.822 bits per heavy atom. The summed E-state index contributed by atoms with van der Waals surface area (Å²) in [5.41, 5.74) is 18.7. The first-order valence-corrected chi connectivity index (χ1v) is 35.4. The summed E-state index contributed by atoms with van der Waals surface area (Å²) in [6.07, 6.45) is 2.71. The van der Waals surface area contributed by atoms with Gasteiger partial charge in [0.15, 0.2) is 0 Å². The first-order valence-electron chi connectivity index (χ1n) is 34.8. The largest absolute Gasteiger partial charge is 0.508 e. The number of thiol groups is 1.